The third kappa shape index (κ3) is 1.89. The van der Waals surface area contributed by atoms with Crippen LogP contribution in [-0.4, -0.2) is 29.8 Å². The fourth-order valence-corrected chi connectivity index (χ4v) is 3.79. The molecule has 0 amide bonds. The fourth-order valence-electron chi connectivity index (χ4n) is 3.79. The second-order valence-corrected chi connectivity index (χ2v) is 5.99. The molecule has 2 heterocycles. The number of piperidine rings is 1. The summed E-state index contributed by atoms with van der Waals surface area (Å²) in [4.78, 5) is 14.8. The predicted octanol–water partition coefficient (Wildman–Crippen LogP) is 2.53. The van der Waals surface area contributed by atoms with Crippen molar-refractivity contribution in [2.24, 2.45) is 11.8 Å². The quantitative estimate of drug-likeness (QED) is 0.795. The van der Waals surface area contributed by atoms with Crippen LogP contribution in [0.1, 0.15) is 25.3 Å². The Morgan fingerprint density at radius 2 is 1.94 bits per heavy atom. The van der Waals surface area contributed by atoms with Gasteiger partial charge in [0.2, 0.25) is 0 Å². The lowest BCUT2D eigenvalue weighted by Gasteiger charge is -2.36. The number of Topliss-reactive ketones (excluding diaryl/α,β-unsaturated/α-hetero) is 1. The van der Waals surface area contributed by atoms with E-state index in [1.807, 2.05) is 6.07 Å². The van der Waals surface area contributed by atoms with Crippen molar-refractivity contribution in [3.63, 3.8) is 0 Å². The highest BCUT2D eigenvalue weighted by Crippen LogP contribution is 2.39. The maximum atomic E-state index is 12.5. The van der Waals surface area contributed by atoms with Crippen LogP contribution in [0.15, 0.2) is 30.3 Å². The van der Waals surface area contributed by atoms with Crippen LogP contribution in [0.4, 0.5) is 0 Å². The topological polar surface area (TPSA) is 20.3 Å². The minimum Gasteiger partial charge on any atom is -0.298 e. The van der Waals surface area contributed by atoms with Crippen LogP contribution in [-0.2, 0) is 11.2 Å². The van der Waals surface area contributed by atoms with Crippen LogP contribution in [0.5, 0.6) is 0 Å². The summed E-state index contributed by atoms with van der Waals surface area (Å²) in [5, 5.41) is 0. The average molecular weight is 243 g/mol. The molecule has 0 unspecified atom stereocenters. The van der Waals surface area contributed by atoms with Crippen molar-refractivity contribution >= 4 is 5.78 Å². The van der Waals surface area contributed by atoms with Crippen molar-refractivity contribution in [2.45, 2.75) is 38.3 Å². The highest BCUT2D eigenvalue weighted by atomic mass is 16.1. The number of benzene rings is 1. The van der Waals surface area contributed by atoms with Crippen LogP contribution in [0, 0.1) is 11.8 Å². The summed E-state index contributed by atoms with van der Waals surface area (Å²) >= 11 is 0. The van der Waals surface area contributed by atoms with Crippen LogP contribution in [0.2, 0.25) is 0 Å². The van der Waals surface area contributed by atoms with Gasteiger partial charge in [-0.25, -0.2) is 0 Å². The van der Waals surface area contributed by atoms with E-state index in [4.69, 9.17) is 0 Å². The average Bonchev–Trinajstić information content (AvgIpc) is 2.58. The van der Waals surface area contributed by atoms with E-state index in [-0.39, 0.29) is 12.0 Å². The first-order valence-electron chi connectivity index (χ1n) is 6.96. The molecule has 0 aromatic heterocycles. The molecular weight excluding hydrogens is 222 g/mol. The normalized spacial score (nSPS) is 36.0. The Balaban J connectivity index is 1.77. The number of likely N-dealkylation sites (N-methyl/N-ethyl adjacent to an activating group) is 1. The van der Waals surface area contributed by atoms with Crippen LogP contribution in [0.3, 0.4) is 0 Å². The Kier molecular flexibility index (Phi) is 2.98. The number of hydrogen-bond donors (Lipinski definition) is 0. The van der Waals surface area contributed by atoms with Gasteiger partial charge in [0.15, 0.2) is 5.78 Å². The molecule has 0 radical (unpaired) electrons. The van der Waals surface area contributed by atoms with Crippen LogP contribution >= 0.6 is 0 Å². The summed E-state index contributed by atoms with van der Waals surface area (Å²) < 4.78 is 0. The zero-order valence-electron chi connectivity index (χ0n) is 11.2. The lowest BCUT2D eigenvalue weighted by Crippen LogP contribution is -2.48. The smallest absolute Gasteiger partial charge is 0.153 e. The SMILES string of the molecule is C[C@@H]1C[C@@H]2C(=O)[C@@H](Cc3ccccc3)C[C@H]1N2C. The molecule has 2 nitrogen and oxygen atoms in total. The summed E-state index contributed by atoms with van der Waals surface area (Å²) in [5.74, 6) is 1.38. The zero-order chi connectivity index (χ0) is 12.7. The second-order valence-electron chi connectivity index (χ2n) is 5.99. The van der Waals surface area contributed by atoms with Gasteiger partial charge < -0.3 is 0 Å². The van der Waals surface area contributed by atoms with Gasteiger partial charge in [0, 0.05) is 12.0 Å². The van der Waals surface area contributed by atoms with E-state index in [9.17, 15) is 4.79 Å². The molecule has 2 fully saturated rings. The number of carbonyl (C=O) groups excluding carboxylic acids is 1. The number of fused-ring (bicyclic) bond motifs is 2. The molecule has 2 aliphatic rings. The number of hydrogen-bond acceptors (Lipinski definition) is 2. The third-order valence-electron chi connectivity index (χ3n) is 4.85. The summed E-state index contributed by atoms with van der Waals surface area (Å²) in [5.41, 5.74) is 1.30. The molecule has 0 saturated carbocycles. The first-order chi connectivity index (χ1) is 8.66. The minimum absolute atomic E-state index is 0.187. The molecule has 3 rings (SSSR count). The highest BCUT2D eigenvalue weighted by molar-refractivity contribution is 5.88. The fraction of sp³-hybridized carbons (Fsp3) is 0.562. The first-order valence-corrected chi connectivity index (χ1v) is 6.96. The van der Waals surface area contributed by atoms with E-state index in [2.05, 4.69) is 43.1 Å². The Labute approximate surface area is 109 Å². The molecule has 18 heavy (non-hydrogen) atoms. The summed E-state index contributed by atoms with van der Waals surface area (Å²) in [6.45, 7) is 2.29. The molecule has 0 aliphatic carbocycles. The molecule has 1 aromatic rings. The summed E-state index contributed by atoms with van der Waals surface area (Å²) in [6.07, 6.45) is 3.03. The van der Waals surface area contributed by atoms with Gasteiger partial charge in [-0.1, -0.05) is 37.3 Å². The number of nitrogens with zero attached hydrogens (tertiary/aromatic N) is 1. The van der Waals surface area contributed by atoms with Gasteiger partial charge in [-0.2, -0.15) is 0 Å². The molecule has 2 heteroatoms. The molecule has 96 valence electrons. The predicted molar refractivity (Wildman–Crippen MR) is 72.4 cm³/mol. The standard InChI is InChI=1S/C16H21NO/c1-11-8-15-16(18)13(10-14(11)17(15)2)9-12-6-4-3-5-7-12/h3-7,11,13-15H,8-10H2,1-2H3/t11-,13+,14-,15-/m1/s1. The van der Waals surface area contributed by atoms with E-state index >= 15 is 0 Å². The van der Waals surface area contributed by atoms with Gasteiger partial charge in [0.05, 0.1) is 6.04 Å². The molecule has 0 spiro atoms. The van der Waals surface area contributed by atoms with Crippen molar-refractivity contribution in [2.75, 3.05) is 7.05 Å². The molecule has 1 aromatic carbocycles. The van der Waals surface area contributed by atoms with Gasteiger partial charge in [-0.15, -0.1) is 0 Å². The highest BCUT2D eigenvalue weighted by Gasteiger charge is 2.47. The largest absolute Gasteiger partial charge is 0.298 e. The number of rotatable bonds is 2. The van der Waals surface area contributed by atoms with Gasteiger partial charge >= 0.3 is 0 Å². The number of ketones is 1. The van der Waals surface area contributed by atoms with Gasteiger partial charge in [-0.05, 0) is 37.8 Å². The van der Waals surface area contributed by atoms with E-state index in [1.54, 1.807) is 0 Å². The Morgan fingerprint density at radius 3 is 2.67 bits per heavy atom. The van der Waals surface area contributed by atoms with E-state index < -0.39 is 0 Å². The zero-order valence-corrected chi connectivity index (χ0v) is 11.2. The van der Waals surface area contributed by atoms with Gasteiger partial charge in [0.25, 0.3) is 0 Å². The monoisotopic (exact) mass is 243 g/mol. The summed E-state index contributed by atoms with van der Waals surface area (Å²) in [7, 11) is 2.12. The Bertz CT molecular complexity index is 442. The maximum absolute atomic E-state index is 12.5. The van der Waals surface area contributed by atoms with Crippen molar-refractivity contribution in [3.8, 4) is 0 Å². The van der Waals surface area contributed by atoms with Crippen molar-refractivity contribution in [1.82, 2.24) is 4.90 Å². The van der Waals surface area contributed by atoms with Crippen LogP contribution in [0.25, 0.3) is 0 Å². The molecule has 2 aliphatic heterocycles. The van der Waals surface area contributed by atoms with E-state index in [0.29, 0.717) is 17.7 Å². The molecule has 2 bridgehead atoms. The molecule has 2 saturated heterocycles. The lowest BCUT2D eigenvalue weighted by atomic mass is 9.84. The van der Waals surface area contributed by atoms with Crippen molar-refractivity contribution in [1.29, 1.82) is 0 Å². The maximum Gasteiger partial charge on any atom is 0.153 e. The Hall–Kier alpha value is -1.15. The summed E-state index contributed by atoms with van der Waals surface area (Å²) in [6, 6.07) is 11.2. The number of carbonyl (C=O) groups is 1. The lowest BCUT2D eigenvalue weighted by molar-refractivity contribution is -0.130. The second kappa shape index (κ2) is 4.51. The molecule has 4 atom stereocenters. The van der Waals surface area contributed by atoms with Gasteiger partial charge in [-0.3, -0.25) is 9.69 Å². The Morgan fingerprint density at radius 1 is 1.22 bits per heavy atom. The van der Waals surface area contributed by atoms with Crippen LogP contribution < -0.4 is 0 Å². The van der Waals surface area contributed by atoms with Crippen molar-refractivity contribution in [3.05, 3.63) is 35.9 Å². The van der Waals surface area contributed by atoms with Gasteiger partial charge in [0.1, 0.15) is 0 Å². The minimum atomic E-state index is 0.187. The van der Waals surface area contributed by atoms with E-state index in [1.165, 1.54) is 5.56 Å². The first kappa shape index (κ1) is 11.9. The molecule has 0 N–H and O–H groups in total. The van der Waals surface area contributed by atoms with Crippen molar-refractivity contribution < 1.29 is 4.79 Å². The van der Waals surface area contributed by atoms with E-state index in [0.717, 1.165) is 19.3 Å². The molecular formula is C16H21NO. The third-order valence-corrected chi connectivity index (χ3v) is 4.85.